The fourth-order valence-corrected chi connectivity index (χ4v) is 2.17. The van der Waals surface area contributed by atoms with Crippen molar-refractivity contribution in [2.45, 2.75) is 11.6 Å². The van der Waals surface area contributed by atoms with Crippen LogP contribution in [0.2, 0.25) is 0 Å². The number of hydrogen-bond donors (Lipinski definition) is 3. The molecular formula is C8H9N5O4S. The van der Waals surface area contributed by atoms with Gasteiger partial charge < -0.3 is 10.1 Å². The minimum absolute atomic E-state index is 0.0894. The van der Waals surface area contributed by atoms with Crippen molar-refractivity contribution in [3.63, 3.8) is 0 Å². The van der Waals surface area contributed by atoms with E-state index in [2.05, 4.69) is 19.8 Å². The van der Waals surface area contributed by atoms with Gasteiger partial charge in [-0.3, -0.25) is 14.2 Å². The molecule has 10 heteroatoms. The topological polar surface area (TPSA) is 130 Å². The molecule has 2 rings (SSSR count). The van der Waals surface area contributed by atoms with Crippen LogP contribution in [-0.2, 0) is 21.4 Å². The molecule has 18 heavy (non-hydrogen) atoms. The molecule has 0 saturated heterocycles. The summed E-state index contributed by atoms with van der Waals surface area (Å²) in [7, 11) is -3.75. The second-order valence-electron chi connectivity index (χ2n) is 3.34. The van der Waals surface area contributed by atoms with Gasteiger partial charge in [0.25, 0.3) is 10.0 Å². The summed E-state index contributed by atoms with van der Waals surface area (Å²) in [4.78, 5) is 16.5. The number of carbonyl (C=O) groups is 1. The summed E-state index contributed by atoms with van der Waals surface area (Å²) in [5, 5.41) is 12.2. The number of anilines is 1. The minimum Gasteiger partial charge on any atom is -0.480 e. The van der Waals surface area contributed by atoms with Gasteiger partial charge in [0, 0.05) is 6.20 Å². The first-order chi connectivity index (χ1) is 8.47. The van der Waals surface area contributed by atoms with Gasteiger partial charge in [0.15, 0.2) is 5.03 Å². The fourth-order valence-electron chi connectivity index (χ4n) is 1.24. The van der Waals surface area contributed by atoms with Gasteiger partial charge in [0.2, 0.25) is 0 Å². The van der Waals surface area contributed by atoms with Gasteiger partial charge in [0.05, 0.1) is 24.4 Å². The van der Waals surface area contributed by atoms with E-state index in [0.29, 0.717) is 0 Å². The lowest BCUT2D eigenvalue weighted by Gasteiger charge is -2.02. The monoisotopic (exact) mass is 271 g/mol. The van der Waals surface area contributed by atoms with E-state index in [1.165, 1.54) is 18.7 Å². The van der Waals surface area contributed by atoms with Crippen LogP contribution in [0.1, 0.15) is 0 Å². The number of rotatable bonds is 5. The molecule has 0 spiro atoms. The highest BCUT2D eigenvalue weighted by atomic mass is 32.2. The van der Waals surface area contributed by atoms with Crippen LogP contribution in [0.3, 0.4) is 0 Å². The van der Waals surface area contributed by atoms with E-state index in [9.17, 15) is 13.2 Å². The number of aromatic nitrogens is 4. The van der Waals surface area contributed by atoms with Crippen molar-refractivity contribution >= 4 is 21.7 Å². The highest BCUT2D eigenvalue weighted by Gasteiger charge is 2.16. The van der Waals surface area contributed by atoms with E-state index < -0.39 is 16.0 Å². The summed E-state index contributed by atoms with van der Waals surface area (Å²) in [6.07, 6.45) is 4.89. The molecule has 0 aliphatic heterocycles. The summed E-state index contributed by atoms with van der Waals surface area (Å²) in [5.41, 5.74) is 0.172. The van der Waals surface area contributed by atoms with Crippen molar-refractivity contribution in [3.05, 3.63) is 24.9 Å². The fraction of sp³-hybridized carbons (Fsp3) is 0.125. The van der Waals surface area contributed by atoms with Crippen molar-refractivity contribution in [2.24, 2.45) is 0 Å². The highest BCUT2D eigenvalue weighted by Crippen LogP contribution is 2.12. The van der Waals surface area contributed by atoms with E-state index >= 15 is 0 Å². The Bertz CT molecular complexity index is 645. The molecular weight excluding hydrogens is 262 g/mol. The normalized spacial score (nSPS) is 11.3. The van der Waals surface area contributed by atoms with Crippen molar-refractivity contribution in [2.75, 3.05) is 4.72 Å². The second-order valence-corrected chi connectivity index (χ2v) is 4.99. The number of carboxylic acid groups (broad SMARTS) is 1. The standard InChI is InChI=1S/C8H9N5O4S/c14-8(15)4-13-3-6(1-11-13)12-18(16,17)7-2-9-5-10-7/h1-3,5,12H,4H2,(H,9,10)(H,14,15). The number of imidazole rings is 1. The Kier molecular flexibility index (Phi) is 3.02. The maximum absolute atomic E-state index is 11.8. The average molecular weight is 271 g/mol. The summed E-state index contributed by atoms with van der Waals surface area (Å²) >= 11 is 0. The molecule has 0 fully saturated rings. The molecule has 0 radical (unpaired) electrons. The van der Waals surface area contributed by atoms with Crippen molar-refractivity contribution in [3.8, 4) is 0 Å². The zero-order valence-corrected chi connectivity index (χ0v) is 9.75. The molecule has 2 aromatic rings. The van der Waals surface area contributed by atoms with Gasteiger partial charge in [-0.25, -0.2) is 4.98 Å². The molecule has 0 atom stereocenters. The maximum Gasteiger partial charge on any atom is 0.325 e. The van der Waals surface area contributed by atoms with Crippen LogP contribution in [0.25, 0.3) is 0 Å². The van der Waals surface area contributed by atoms with Gasteiger partial charge in [-0.05, 0) is 0 Å². The Balaban J connectivity index is 2.15. The second kappa shape index (κ2) is 4.49. The Labute approximate surface area is 102 Å². The Hall–Kier alpha value is -2.36. The number of aliphatic carboxylic acids is 1. The van der Waals surface area contributed by atoms with Crippen molar-refractivity contribution < 1.29 is 18.3 Å². The van der Waals surface area contributed by atoms with Gasteiger partial charge >= 0.3 is 5.97 Å². The third kappa shape index (κ3) is 2.66. The summed E-state index contributed by atoms with van der Waals surface area (Å²) in [5.74, 6) is -1.07. The zero-order valence-electron chi connectivity index (χ0n) is 8.94. The third-order valence-electron chi connectivity index (χ3n) is 1.95. The number of sulfonamides is 1. The molecule has 0 bridgehead atoms. The molecule has 0 amide bonds. The zero-order chi connectivity index (χ0) is 13.2. The predicted molar refractivity (Wildman–Crippen MR) is 59.3 cm³/mol. The molecule has 3 N–H and O–H groups in total. The third-order valence-corrected chi connectivity index (χ3v) is 3.25. The van der Waals surface area contributed by atoms with Gasteiger partial charge in [-0.1, -0.05) is 0 Å². The number of aromatic amines is 1. The van der Waals surface area contributed by atoms with Gasteiger partial charge in [0.1, 0.15) is 6.54 Å². The van der Waals surface area contributed by atoms with Gasteiger partial charge in [-0.2, -0.15) is 13.5 Å². The Morgan fingerprint density at radius 2 is 2.28 bits per heavy atom. The molecule has 2 heterocycles. The average Bonchev–Trinajstić information content (AvgIpc) is 2.87. The molecule has 0 unspecified atom stereocenters. The number of hydrogen-bond acceptors (Lipinski definition) is 5. The molecule has 0 aliphatic rings. The van der Waals surface area contributed by atoms with Crippen LogP contribution < -0.4 is 4.72 Å². The Morgan fingerprint density at radius 1 is 1.50 bits per heavy atom. The van der Waals surface area contributed by atoms with Crippen LogP contribution in [0.15, 0.2) is 29.9 Å². The first-order valence-electron chi connectivity index (χ1n) is 4.73. The lowest BCUT2D eigenvalue weighted by molar-refractivity contribution is -0.137. The number of carboxylic acids is 1. The van der Waals surface area contributed by atoms with Crippen molar-refractivity contribution in [1.82, 2.24) is 19.7 Å². The van der Waals surface area contributed by atoms with Crippen LogP contribution >= 0.6 is 0 Å². The molecule has 0 aliphatic carbocycles. The predicted octanol–water partition coefficient (Wildman–Crippen LogP) is -0.508. The Morgan fingerprint density at radius 3 is 2.89 bits per heavy atom. The molecule has 9 nitrogen and oxygen atoms in total. The first-order valence-corrected chi connectivity index (χ1v) is 6.21. The number of H-pyrrole nitrogens is 1. The first kappa shape index (κ1) is 12.1. The maximum atomic E-state index is 11.8. The lowest BCUT2D eigenvalue weighted by Crippen LogP contribution is -2.13. The van der Waals surface area contributed by atoms with E-state index in [4.69, 9.17) is 5.11 Å². The van der Waals surface area contributed by atoms with E-state index in [1.54, 1.807) is 0 Å². The molecule has 0 aromatic carbocycles. The van der Waals surface area contributed by atoms with E-state index in [-0.39, 0.29) is 17.3 Å². The number of nitrogens with one attached hydrogen (secondary N) is 2. The van der Waals surface area contributed by atoms with Gasteiger partial charge in [-0.15, -0.1) is 0 Å². The summed E-state index contributed by atoms with van der Waals surface area (Å²) in [6.45, 7) is -0.341. The summed E-state index contributed by atoms with van der Waals surface area (Å²) in [6, 6.07) is 0. The highest BCUT2D eigenvalue weighted by molar-refractivity contribution is 7.92. The summed E-state index contributed by atoms with van der Waals surface area (Å²) < 4.78 is 26.9. The van der Waals surface area contributed by atoms with Crippen LogP contribution in [0.4, 0.5) is 5.69 Å². The van der Waals surface area contributed by atoms with Crippen LogP contribution in [0.5, 0.6) is 0 Å². The SMILES string of the molecule is O=C(O)Cn1cc(NS(=O)(=O)c2cnc[nH]2)cn1. The van der Waals surface area contributed by atoms with E-state index in [0.717, 1.165) is 10.9 Å². The van der Waals surface area contributed by atoms with Crippen LogP contribution in [0, 0.1) is 0 Å². The molecule has 96 valence electrons. The van der Waals surface area contributed by atoms with Crippen molar-refractivity contribution in [1.29, 1.82) is 0 Å². The molecule has 2 aromatic heterocycles. The lowest BCUT2D eigenvalue weighted by atomic mass is 10.6. The smallest absolute Gasteiger partial charge is 0.325 e. The minimum atomic E-state index is -3.75. The van der Waals surface area contributed by atoms with E-state index in [1.807, 2.05) is 0 Å². The molecule has 0 saturated carbocycles. The quantitative estimate of drug-likeness (QED) is 0.671. The van der Waals surface area contributed by atoms with Crippen LogP contribution in [-0.4, -0.2) is 39.2 Å². The number of nitrogens with zero attached hydrogens (tertiary/aromatic N) is 3. The largest absolute Gasteiger partial charge is 0.480 e.